The maximum Gasteiger partial charge on any atom is 0.234 e. The van der Waals surface area contributed by atoms with Gasteiger partial charge in [-0.1, -0.05) is 20.8 Å². The van der Waals surface area contributed by atoms with Gasteiger partial charge in [0.05, 0.1) is 6.54 Å². The van der Waals surface area contributed by atoms with Gasteiger partial charge >= 0.3 is 0 Å². The van der Waals surface area contributed by atoms with Gasteiger partial charge in [-0.15, -0.1) is 0 Å². The number of carbonyl (C=O) groups excluding carboxylic acids is 1. The number of carbonyl (C=O) groups is 1. The van der Waals surface area contributed by atoms with Crippen LogP contribution >= 0.6 is 0 Å². The first-order valence-electron chi connectivity index (χ1n) is 8.33. The van der Waals surface area contributed by atoms with Crippen LogP contribution in [0.2, 0.25) is 0 Å². The average Bonchev–Trinajstić information content (AvgIpc) is 2.45. The third-order valence-corrected chi connectivity index (χ3v) is 4.56. The Labute approximate surface area is 124 Å². The molecule has 0 heterocycles. The Morgan fingerprint density at radius 2 is 1.75 bits per heavy atom. The molecule has 1 fully saturated rings. The van der Waals surface area contributed by atoms with Crippen molar-refractivity contribution in [2.75, 3.05) is 20.1 Å². The molecular formula is C16H33N3O. The lowest BCUT2D eigenvalue weighted by Crippen LogP contribution is -2.46. The zero-order valence-electron chi connectivity index (χ0n) is 13.7. The SMILES string of the molecule is CCNC1CCC(N(C)CC(=O)NC(CC)CC)CC1. The molecule has 0 unspecified atom stereocenters. The van der Waals surface area contributed by atoms with Crippen molar-refractivity contribution >= 4 is 5.91 Å². The summed E-state index contributed by atoms with van der Waals surface area (Å²) < 4.78 is 0. The lowest BCUT2D eigenvalue weighted by atomic mass is 9.90. The summed E-state index contributed by atoms with van der Waals surface area (Å²) in [6.07, 6.45) is 6.90. The molecule has 20 heavy (non-hydrogen) atoms. The van der Waals surface area contributed by atoms with Gasteiger partial charge in [0, 0.05) is 18.1 Å². The van der Waals surface area contributed by atoms with Gasteiger partial charge in [0.25, 0.3) is 0 Å². The molecule has 1 amide bonds. The van der Waals surface area contributed by atoms with Crippen LogP contribution in [0, 0.1) is 0 Å². The standard InChI is InChI=1S/C16H33N3O/c1-5-13(6-2)18-16(20)12-19(4)15-10-8-14(9-11-15)17-7-3/h13-15,17H,5-12H2,1-4H3,(H,18,20). The van der Waals surface area contributed by atoms with Gasteiger partial charge in [0.1, 0.15) is 0 Å². The van der Waals surface area contributed by atoms with Gasteiger partial charge in [-0.3, -0.25) is 9.69 Å². The van der Waals surface area contributed by atoms with Crippen LogP contribution in [0.4, 0.5) is 0 Å². The second-order valence-corrected chi connectivity index (χ2v) is 6.06. The first kappa shape index (κ1) is 17.4. The van der Waals surface area contributed by atoms with Gasteiger partial charge in [-0.05, 0) is 52.1 Å². The molecule has 0 radical (unpaired) electrons. The maximum absolute atomic E-state index is 12.0. The Bertz CT molecular complexity index is 271. The minimum Gasteiger partial charge on any atom is -0.352 e. The fourth-order valence-corrected chi connectivity index (χ4v) is 3.13. The maximum atomic E-state index is 12.0. The lowest BCUT2D eigenvalue weighted by Gasteiger charge is -2.34. The highest BCUT2D eigenvalue weighted by Gasteiger charge is 2.24. The molecule has 0 saturated heterocycles. The van der Waals surface area contributed by atoms with Crippen molar-refractivity contribution in [2.24, 2.45) is 0 Å². The molecule has 0 atom stereocenters. The number of nitrogens with one attached hydrogen (secondary N) is 2. The van der Waals surface area contributed by atoms with Crippen molar-refractivity contribution in [3.05, 3.63) is 0 Å². The topological polar surface area (TPSA) is 44.4 Å². The highest BCUT2D eigenvalue weighted by atomic mass is 16.2. The predicted molar refractivity (Wildman–Crippen MR) is 84.9 cm³/mol. The molecule has 1 rings (SSSR count). The molecule has 118 valence electrons. The van der Waals surface area contributed by atoms with Gasteiger partial charge in [-0.25, -0.2) is 0 Å². The molecular weight excluding hydrogens is 250 g/mol. The summed E-state index contributed by atoms with van der Waals surface area (Å²) in [5, 5.41) is 6.65. The van der Waals surface area contributed by atoms with Crippen LogP contribution in [-0.4, -0.2) is 49.1 Å². The number of likely N-dealkylation sites (N-methyl/N-ethyl adjacent to an activating group) is 1. The Kier molecular flexibility index (Phi) is 8.15. The smallest absolute Gasteiger partial charge is 0.234 e. The van der Waals surface area contributed by atoms with Crippen LogP contribution in [0.3, 0.4) is 0 Å². The van der Waals surface area contributed by atoms with E-state index in [1.807, 2.05) is 0 Å². The van der Waals surface area contributed by atoms with Crippen LogP contribution in [-0.2, 0) is 4.79 Å². The summed E-state index contributed by atoms with van der Waals surface area (Å²) in [5.41, 5.74) is 0. The molecule has 0 aromatic heterocycles. The van der Waals surface area contributed by atoms with Crippen molar-refractivity contribution < 1.29 is 4.79 Å². The monoisotopic (exact) mass is 283 g/mol. The minimum absolute atomic E-state index is 0.176. The zero-order chi connectivity index (χ0) is 15.0. The Balaban J connectivity index is 2.29. The van der Waals surface area contributed by atoms with E-state index >= 15 is 0 Å². The number of hydrogen-bond donors (Lipinski definition) is 2. The normalized spacial score (nSPS) is 23.3. The molecule has 4 nitrogen and oxygen atoms in total. The summed E-state index contributed by atoms with van der Waals surface area (Å²) in [6.45, 7) is 8.01. The fraction of sp³-hybridized carbons (Fsp3) is 0.938. The van der Waals surface area contributed by atoms with E-state index in [9.17, 15) is 4.79 Å². The number of hydrogen-bond acceptors (Lipinski definition) is 3. The fourth-order valence-electron chi connectivity index (χ4n) is 3.13. The second-order valence-electron chi connectivity index (χ2n) is 6.06. The van der Waals surface area contributed by atoms with Gasteiger partial charge in [0.15, 0.2) is 0 Å². The highest BCUT2D eigenvalue weighted by Crippen LogP contribution is 2.22. The van der Waals surface area contributed by atoms with Gasteiger partial charge in [-0.2, -0.15) is 0 Å². The molecule has 0 aromatic carbocycles. The molecule has 0 aliphatic heterocycles. The van der Waals surface area contributed by atoms with Crippen LogP contribution < -0.4 is 10.6 Å². The molecule has 4 heteroatoms. The Morgan fingerprint density at radius 1 is 1.15 bits per heavy atom. The third-order valence-electron chi connectivity index (χ3n) is 4.56. The van der Waals surface area contributed by atoms with E-state index in [4.69, 9.17) is 0 Å². The number of rotatable bonds is 8. The number of nitrogens with zero attached hydrogens (tertiary/aromatic N) is 1. The molecule has 0 bridgehead atoms. The van der Waals surface area contributed by atoms with E-state index < -0.39 is 0 Å². The molecule has 2 N–H and O–H groups in total. The minimum atomic E-state index is 0.176. The molecule has 1 saturated carbocycles. The Morgan fingerprint density at radius 3 is 2.25 bits per heavy atom. The van der Waals surface area contributed by atoms with Crippen molar-refractivity contribution in [1.29, 1.82) is 0 Å². The van der Waals surface area contributed by atoms with E-state index in [0.29, 0.717) is 24.7 Å². The summed E-state index contributed by atoms with van der Waals surface area (Å²) >= 11 is 0. The van der Waals surface area contributed by atoms with E-state index in [1.54, 1.807) is 0 Å². The zero-order valence-corrected chi connectivity index (χ0v) is 13.7. The van der Waals surface area contributed by atoms with Crippen molar-refractivity contribution in [1.82, 2.24) is 15.5 Å². The van der Waals surface area contributed by atoms with E-state index in [-0.39, 0.29) is 5.91 Å². The largest absolute Gasteiger partial charge is 0.352 e. The molecule has 1 aliphatic rings. The lowest BCUT2D eigenvalue weighted by molar-refractivity contribution is -0.123. The summed E-state index contributed by atoms with van der Waals surface area (Å²) in [4.78, 5) is 14.3. The number of amides is 1. The van der Waals surface area contributed by atoms with Crippen LogP contribution in [0.25, 0.3) is 0 Å². The summed E-state index contributed by atoms with van der Waals surface area (Å²) in [5.74, 6) is 0.176. The summed E-state index contributed by atoms with van der Waals surface area (Å²) in [7, 11) is 2.09. The van der Waals surface area contributed by atoms with E-state index in [2.05, 4.69) is 43.4 Å². The first-order valence-corrected chi connectivity index (χ1v) is 8.33. The van der Waals surface area contributed by atoms with Gasteiger partial charge < -0.3 is 10.6 Å². The second kappa shape index (κ2) is 9.35. The van der Waals surface area contributed by atoms with Crippen molar-refractivity contribution in [3.63, 3.8) is 0 Å². The van der Waals surface area contributed by atoms with Crippen molar-refractivity contribution in [3.8, 4) is 0 Å². The van der Waals surface area contributed by atoms with Crippen molar-refractivity contribution in [2.45, 2.75) is 77.4 Å². The molecule has 1 aliphatic carbocycles. The average molecular weight is 283 g/mol. The third kappa shape index (κ3) is 5.80. The van der Waals surface area contributed by atoms with Crippen LogP contribution in [0.5, 0.6) is 0 Å². The predicted octanol–water partition coefficient (Wildman–Crippen LogP) is 2.14. The molecule has 0 aromatic rings. The van der Waals surface area contributed by atoms with Crippen LogP contribution in [0.15, 0.2) is 0 Å². The van der Waals surface area contributed by atoms with E-state index in [0.717, 1.165) is 19.4 Å². The highest BCUT2D eigenvalue weighted by molar-refractivity contribution is 5.78. The summed E-state index contributed by atoms with van der Waals surface area (Å²) in [6, 6.07) is 1.58. The van der Waals surface area contributed by atoms with Gasteiger partial charge in [0.2, 0.25) is 5.91 Å². The van der Waals surface area contributed by atoms with E-state index in [1.165, 1.54) is 25.7 Å². The van der Waals surface area contributed by atoms with Crippen LogP contribution in [0.1, 0.15) is 59.3 Å². The Hall–Kier alpha value is -0.610. The first-order chi connectivity index (χ1) is 9.60. The molecule has 0 spiro atoms. The quantitative estimate of drug-likeness (QED) is 0.717.